The minimum absolute atomic E-state index is 0.00991. The Morgan fingerprint density at radius 3 is 2.03 bits per heavy atom. The van der Waals surface area contributed by atoms with E-state index in [1.807, 2.05) is 44.2 Å². The first-order valence-corrected chi connectivity index (χ1v) is 13.5. The van der Waals surface area contributed by atoms with Crippen LogP contribution in [-0.2, 0) is 26.2 Å². The standard InChI is InChI=1S/C28H32FN3O4S/c1-4-21(2)30-28(34)22(3)31(19-23-11-7-5-8-12-23)27(33)20-32(25-17-15-24(29)16-18-25)37(35,36)26-13-9-6-10-14-26/h5-18,21-22H,4,19-20H2,1-3H3,(H,30,34)/t21-,22+/m1/s1. The van der Waals surface area contributed by atoms with Crippen molar-refractivity contribution in [3.8, 4) is 0 Å². The van der Waals surface area contributed by atoms with Crippen molar-refractivity contribution < 1.29 is 22.4 Å². The molecule has 0 aliphatic carbocycles. The summed E-state index contributed by atoms with van der Waals surface area (Å²) < 4.78 is 41.8. The lowest BCUT2D eigenvalue weighted by Gasteiger charge is -2.32. The Balaban J connectivity index is 1.99. The summed E-state index contributed by atoms with van der Waals surface area (Å²) in [5, 5.41) is 2.89. The number of rotatable bonds is 11. The van der Waals surface area contributed by atoms with Crippen LogP contribution < -0.4 is 9.62 Å². The molecule has 0 spiro atoms. The van der Waals surface area contributed by atoms with Gasteiger partial charge in [0.25, 0.3) is 10.0 Å². The average molecular weight is 526 g/mol. The number of carbonyl (C=O) groups excluding carboxylic acids is 2. The number of halogens is 1. The number of benzene rings is 3. The molecule has 37 heavy (non-hydrogen) atoms. The van der Waals surface area contributed by atoms with Gasteiger partial charge >= 0.3 is 0 Å². The highest BCUT2D eigenvalue weighted by Gasteiger charge is 2.32. The monoisotopic (exact) mass is 525 g/mol. The molecule has 0 heterocycles. The third-order valence-corrected chi connectivity index (χ3v) is 7.88. The molecule has 3 aromatic carbocycles. The molecule has 0 fully saturated rings. The number of amides is 2. The maximum Gasteiger partial charge on any atom is 0.264 e. The number of hydrogen-bond acceptors (Lipinski definition) is 4. The van der Waals surface area contributed by atoms with Crippen LogP contribution in [0.3, 0.4) is 0 Å². The average Bonchev–Trinajstić information content (AvgIpc) is 2.91. The van der Waals surface area contributed by atoms with Gasteiger partial charge in [-0.25, -0.2) is 12.8 Å². The highest BCUT2D eigenvalue weighted by Crippen LogP contribution is 2.25. The predicted molar refractivity (Wildman–Crippen MR) is 142 cm³/mol. The van der Waals surface area contributed by atoms with E-state index in [9.17, 15) is 22.4 Å². The SMILES string of the molecule is CC[C@@H](C)NC(=O)[C@H](C)N(Cc1ccccc1)C(=O)CN(c1ccc(F)cc1)S(=O)(=O)c1ccccc1. The van der Waals surface area contributed by atoms with E-state index in [0.29, 0.717) is 0 Å². The van der Waals surface area contributed by atoms with E-state index < -0.39 is 34.3 Å². The Morgan fingerprint density at radius 1 is 0.892 bits per heavy atom. The minimum atomic E-state index is -4.17. The van der Waals surface area contributed by atoms with Crippen LogP contribution in [0, 0.1) is 5.82 Å². The molecule has 1 N–H and O–H groups in total. The molecule has 3 aromatic rings. The fraction of sp³-hybridized carbons (Fsp3) is 0.286. The minimum Gasteiger partial charge on any atom is -0.352 e. The molecule has 0 unspecified atom stereocenters. The summed E-state index contributed by atoms with van der Waals surface area (Å²) in [6, 6.07) is 20.8. The molecular formula is C28H32FN3O4S. The van der Waals surface area contributed by atoms with Gasteiger partial charge in [-0.2, -0.15) is 0 Å². The molecule has 0 aliphatic rings. The second-order valence-electron chi connectivity index (χ2n) is 8.80. The zero-order chi connectivity index (χ0) is 27.0. The van der Waals surface area contributed by atoms with E-state index in [2.05, 4.69) is 5.32 Å². The highest BCUT2D eigenvalue weighted by molar-refractivity contribution is 7.92. The highest BCUT2D eigenvalue weighted by atomic mass is 32.2. The summed E-state index contributed by atoms with van der Waals surface area (Å²) in [5.41, 5.74) is 0.924. The summed E-state index contributed by atoms with van der Waals surface area (Å²) in [5.74, 6) is -1.44. The van der Waals surface area contributed by atoms with Crippen LogP contribution in [-0.4, -0.2) is 43.8 Å². The summed E-state index contributed by atoms with van der Waals surface area (Å²) in [7, 11) is -4.17. The first-order chi connectivity index (χ1) is 17.6. The maximum atomic E-state index is 13.7. The van der Waals surface area contributed by atoms with Crippen molar-refractivity contribution in [1.82, 2.24) is 10.2 Å². The van der Waals surface area contributed by atoms with Gasteiger partial charge in [-0.1, -0.05) is 55.5 Å². The first kappa shape index (κ1) is 27.9. The number of hydrogen-bond donors (Lipinski definition) is 1. The lowest BCUT2D eigenvalue weighted by atomic mass is 10.1. The molecule has 0 bridgehead atoms. The second-order valence-corrected chi connectivity index (χ2v) is 10.7. The molecule has 7 nitrogen and oxygen atoms in total. The lowest BCUT2D eigenvalue weighted by Crippen LogP contribution is -2.52. The van der Waals surface area contributed by atoms with E-state index in [4.69, 9.17) is 0 Å². The zero-order valence-electron chi connectivity index (χ0n) is 21.2. The molecule has 3 rings (SSSR count). The maximum absolute atomic E-state index is 13.7. The van der Waals surface area contributed by atoms with E-state index in [0.717, 1.165) is 28.4 Å². The normalized spacial score (nSPS) is 12.9. The van der Waals surface area contributed by atoms with Crippen molar-refractivity contribution in [3.63, 3.8) is 0 Å². The summed E-state index contributed by atoms with van der Waals surface area (Å²) in [4.78, 5) is 28.1. The van der Waals surface area contributed by atoms with E-state index in [1.54, 1.807) is 25.1 Å². The van der Waals surface area contributed by atoms with Gasteiger partial charge in [0.05, 0.1) is 10.6 Å². The topological polar surface area (TPSA) is 86.8 Å². The van der Waals surface area contributed by atoms with Gasteiger partial charge in [-0.05, 0) is 62.2 Å². The number of carbonyl (C=O) groups is 2. The number of anilines is 1. The van der Waals surface area contributed by atoms with Crippen molar-refractivity contribution >= 4 is 27.5 Å². The van der Waals surface area contributed by atoms with Gasteiger partial charge in [0.1, 0.15) is 18.4 Å². The molecule has 0 aliphatic heterocycles. The molecule has 0 aromatic heterocycles. The van der Waals surface area contributed by atoms with Gasteiger partial charge in [-0.3, -0.25) is 13.9 Å². The first-order valence-electron chi connectivity index (χ1n) is 12.1. The van der Waals surface area contributed by atoms with Crippen molar-refractivity contribution in [2.24, 2.45) is 0 Å². The molecule has 196 valence electrons. The van der Waals surface area contributed by atoms with Gasteiger partial charge in [0.2, 0.25) is 11.8 Å². The third-order valence-electron chi connectivity index (χ3n) is 6.09. The van der Waals surface area contributed by atoms with Crippen LogP contribution in [0.1, 0.15) is 32.8 Å². The Bertz CT molecular complexity index is 1290. The van der Waals surface area contributed by atoms with E-state index >= 15 is 0 Å². The van der Waals surface area contributed by atoms with Crippen LogP contribution in [0.2, 0.25) is 0 Å². The van der Waals surface area contributed by atoms with Gasteiger partial charge in [0, 0.05) is 12.6 Å². The van der Waals surface area contributed by atoms with Crippen molar-refractivity contribution in [2.45, 2.75) is 50.7 Å². The van der Waals surface area contributed by atoms with Gasteiger partial charge in [-0.15, -0.1) is 0 Å². The Kier molecular flexibility index (Phi) is 9.41. The third kappa shape index (κ3) is 7.16. The summed E-state index contributed by atoms with van der Waals surface area (Å²) in [6.45, 7) is 4.97. The van der Waals surface area contributed by atoms with Gasteiger partial charge < -0.3 is 10.2 Å². The van der Waals surface area contributed by atoms with Crippen LogP contribution in [0.4, 0.5) is 10.1 Å². The second kappa shape index (κ2) is 12.5. The van der Waals surface area contributed by atoms with Crippen molar-refractivity contribution in [3.05, 3.63) is 96.3 Å². The lowest BCUT2D eigenvalue weighted by molar-refractivity contribution is -0.139. The molecule has 0 radical (unpaired) electrons. The van der Waals surface area contributed by atoms with Crippen molar-refractivity contribution in [2.75, 3.05) is 10.8 Å². The molecule has 0 saturated heterocycles. The number of nitrogens with zero attached hydrogens (tertiary/aromatic N) is 2. The Hall–Kier alpha value is -3.72. The van der Waals surface area contributed by atoms with Crippen LogP contribution >= 0.6 is 0 Å². The predicted octanol–water partition coefficient (Wildman–Crippen LogP) is 4.35. The Labute approximate surface area is 218 Å². The Morgan fingerprint density at radius 2 is 1.46 bits per heavy atom. The largest absolute Gasteiger partial charge is 0.352 e. The quantitative estimate of drug-likeness (QED) is 0.403. The number of nitrogens with one attached hydrogen (secondary N) is 1. The van der Waals surface area contributed by atoms with Crippen LogP contribution in [0.25, 0.3) is 0 Å². The van der Waals surface area contributed by atoms with Crippen LogP contribution in [0.5, 0.6) is 0 Å². The molecule has 9 heteroatoms. The van der Waals surface area contributed by atoms with Gasteiger partial charge in [0.15, 0.2) is 0 Å². The van der Waals surface area contributed by atoms with Crippen molar-refractivity contribution in [1.29, 1.82) is 0 Å². The smallest absolute Gasteiger partial charge is 0.264 e. The molecule has 2 amide bonds. The molecule has 2 atom stereocenters. The summed E-state index contributed by atoms with van der Waals surface area (Å²) >= 11 is 0. The fourth-order valence-corrected chi connectivity index (χ4v) is 5.12. The van der Waals surface area contributed by atoms with E-state index in [-0.39, 0.29) is 29.1 Å². The molecular weight excluding hydrogens is 493 g/mol. The summed E-state index contributed by atoms with van der Waals surface area (Å²) in [6.07, 6.45) is 0.721. The van der Waals surface area contributed by atoms with E-state index in [1.165, 1.54) is 29.2 Å². The fourth-order valence-electron chi connectivity index (χ4n) is 3.68. The van der Waals surface area contributed by atoms with Crippen LogP contribution in [0.15, 0.2) is 89.8 Å². The number of sulfonamides is 1. The zero-order valence-corrected chi connectivity index (χ0v) is 22.0. The molecule has 0 saturated carbocycles.